The van der Waals surface area contributed by atoms with Crippen molar-refractivity contribution in [3.8, 4) is 0 Å². The van der Waals surface area contributed by atoms with Crippen LogP contribution >= 0.6 is 0 Å². The predicted molar refractivity (Wildman–Crippen MR) is 90.0 cm³/mol. The molecule has 6 heteroatoms. The Morgan fingerprint density at radius 3 is 2.52 bits per heavy atom. The van der Waals surface area contributed by atoms with Gasteiger partial charge in [0.2, 0.25) is 11.8 Å². The van der Waals surface area contributed by atoms with Gasteiger partial charge in [-0.2, -0.15) is 0 Å². The van der Waals surface area contributed by atoms with Crippen LogP contribution in [0.5, 0.6) is 0 Å². The van der Waals surface area contributed by atoms with Gasteiger partial charge in [-0.1, -0.05) is 18.9 Å². The second-order valence-corrected chi connectivity index (χ2v) is 6.36. The summed E-state index contributed by atoms with van der Waals surface area (Å²) < 4.78 is 0. The molecule has 1 aromatic heterocycles. The van der Waals surface area contributed by atoms with Gasteiger partial charge in [0.25, 0.3) is 0 Å². The summed E-state index contributed by atoms with van der Waals surface area (Å²) >= 11 is 0. The van der Waals surface area contributed by atoms with E-state index in [1.807, 2.05) is 31.1 Å². The zero-order valence-corrected chi connectivity index (χ0v) is 14.1. The van der Waals surface area contributed by atoms with Crippen molar-refractivity contribution in [1.82, 2.24) is 15.6 Å². The van der Waals surface area contributed by atoms with Crippen LogP contribution in [0.15, 0.2) is 18.3 Å². The molecule has 0 saturated heterocycles. The van der Waals surface area contributed by atoms with E-state index >= 15 is 0 Å². The Morgan fingerprint density at radius 1 is 1.30 bits per heavy atom. The molecule has 1 unspecified atom stereocenters. The van der Waals surface area contributed by atoms with E-state index in [-0.39, 0.29) is 17.7 Å². The third kappa shape index (κ3) is 4.94. The maximum atomic E-state index is 12.5. The summed E-state index contributed by atoms with van der Waals surface area (Å²) in [5.74, 6) is 0.855. The lowest BCUT2D eigenvalue weighted by atomic mass is 9.97. The third-order valence-electron chi connectivity index (χ3n) is 4.25. The molecule has 1 aliphatic carbocycles. The quantitative estimate of drug-likeness (QED) is 0.833. The predicted octanol–water partition coefficient (Wildman–Crippen LogP) is 1.46. The Kier molecular flexibility index (Phi) is 5.96. The van der Waals surface area contributed by atoms with Gasteiger partial charge >= 0.3 is 0 Å². The molecular formula is C17H26N4O2. The van der Waals surface area contributed by atoms with Crippen molar-refractivity contribution in [2.75, 3.05) is 19.0 Å². The molecule has 1 aromatic rings. The topological polar surface area (TPSA) is 74.3 Å². The van der Waals surface area contributed by atoms with E-state index in [2.05, 4.69) is 15.6 Å². The van der Waals surface area contributed by atoms with Crippen molar-refractivity contribution in [3.05, 3.63) is 23.9 Å². The SMILES string of the molecule is CC(=O)NC(C(=O)NCc1ccc(N(C)C)nc1)C1CCCC1. The molecule has 1 fully saturated rings. The zero-order valence-electron chi connectivity index (χ0n) is 14.1. The first-order valence-electron chi connectivity index (χ1n) is 8.14. The maximum Gasteiger partial charge on any atom is 0.243 e. The van der Waals surface area contributed by atoms with E-state index in [9.17, 15) is 9.59 Å². The highest BCUT2D eigenvalue weighted by Gasteiger charge is 2.31. The highest BCUT2D eigenvalue weighted by molar-refractivity contribution is 5.87. The van der Waals surface area contributed by atoms with Gasteiger partial charge in [-0.15, -0.1) is 0 Å². The van der Waals surface area contributed by atoms with Crippen LogP contribution in [0.4, 0.5) is 5.82 Å². The first-order chi connectivity index (χ1) is 11.0. The molecule has 2 N–H and O–H groups in total. The average molecular weight is 318 g/mol. The van der Waals surface area contributed by atoms with E-state index < -0.39 is 6.04 Å². The summed E-state index contributed by atoms with van der Waals surface area (Å²) in [6.07, 6.45) is 6.02. The fourth-order valence-electron chi connectivity index (χ4n) is 2.99. The number of aromatic nitrogens is 1. The number of hydrogen-bond acceptors (Lipinski definition) is 4. The fourth-order valence-corrected chi connectivity index (χ4v) is 2.99. The summed E-state index contributed by atoms with van der Waals surface area (Å²) in [4.78, 5) is 30.1. The van der Waals surface area contributed by atoms with Crippen molar-refractivity contribution in [3.63, 3.8) is 0 Å². The molecule has 0 bridgehead atoms. The molecule has 126 valence electrons. The van der Waals surface area contributed by atoms with Crippen LogP contribution in [0.3, 0.4) is 0 Å². The van der Waals surface area contributed by atoms with Crippen LogP contribution in [-0.4, -0.2) is 36.9 Å². The van der Waals surface area contributed by atoms with Crippen molar-refractivity contribution < 1.29 is 9.59 Å². The Balaban J connectivity index is 1.93. The molecule has 0 aliphatic heterocycles. The van der Waals surface area contributed by atoms with Crippen molar-refractivity contribution in [2.24, 2.45) is 5.92 Å². The van der Waals surface area contributed by atoms with Gasteiger partial charge in [-0.25, -0.2) is 4.98 Å². The zero-order chi connectivity index (χ0) is 16.8. The Labute approximate surface area is 137 Å². The molecule has 1 saturated carbocycles. The van der Waals surface area contributed by atoms with Crippen LogP contribution < -0.4 is 15.5 Å². The number of carbonyl (C=O) groups excluding carboxylic acids is 2. The molecule has 2 amide bonds. The van der Waals surface area contributed by atoms with E-state index in [1.54, 1.807) is 6.20 Å². The van der Waals surface area contributed by atoms with Gasteiger partial charge in [-0.05, 0) is 30.4 Å². The lowest BCUT2D eigenvalue weighted by Gasteiger charge is -2.23. The van der Waals surface area contributed by atoms with Crippen molar-refractivity contribution in [1.29, 1.82) is 0 Å². The lowest BCUT2D eigenvalue weighted by molar-refractivity contribution is -0.129. The number of hydrogen-bond donors (Lipinski definition) is 2. The number of rotatable bonds is 6. The average Bonchev–Trinajstić information content (AvgIpc) is 3.04. The number of nitrogens with zero attached hydrogens (tertiary/aromatic N) is 2. The Hall–Kier alpha value is -2.11. The van der Waals surface area contributed by atoms with Crippen LogP contribution in [0.25, 0.3) is 0 Å². The molecule has 6 nitrogen and oxygen atoms in total. The van der Waals surface area contributed by atoms with Gasteiger partial charge in [0.05, 0.1) is 0 Å². The van der Waals surface area contributed by atoms with Gasteiger partial charge in [0, 0.05) is 33.8 Å². The first-order valence-corrected chi connectivity index (χ1v) is 8.14. The highest BCUT2D eigenvalue weighted by atomic mass is 16.2. The summed E-state index contributed by atoms with van der Waals surface area (Å²) in [5, 5.41) is 5.73. The summed E-state index contributed by atoms with van der Waals surface area (Å²) in [6, 6.07) is 3.44. The van der Waals surface area contributed by atoms with Crippen LogP contribution in [0.1, 0.15) is 38.2 Å². The molecule has 0 aromatic carbocycles. The minimum absolute atomic E-state index is 0.108. The standard InChI is InChI=1S/C17H26N4O2/c1-12(22)20-16(14-6-4-5-7-14)17(23)19-11-13-8-9-15(18-10-13)21(2)3/h8-10,14,16H,4-7,11H2,1-3H3,(H,19,23)(H,20,22). The fraction of sp³-hybridized carbons (Fsp3) is 0.588. The minimum atomic E-state index is -0.427. The monoisotopic (exact) mass is 318 g/mol. The second kappa shape index (κ2) is 7.94. The van der Waals surface area contributed by atoms with E-state index in [0.29, 0.717) is 6.54 Å². The molecule has 0 spiro atoms. The summed E-state index contributed by atoms with van der Waals surface area (Å²) in [6.45, 7) is 1.88. The number of pyridine rings is 1. The Bertz CT molecular complexity index is 536. The van der Waals surface area contributed by atoms with Crippen LogP contribution in [-0.2, 0) is 16.1 Å². The molecule has 2 rings (SSSR count). The minimum Gasteiger partial charge on any atom is -0.363 e. The van der Waals surface area contributed by atoms with Crippen molar-refractivity contribution >= 4 is 17.6 Å². The van der Waals surface area contributed by atoms with Crippen LogP contribution in [0.2, 0.25) is 0 Å². The second-order valence-electron chi connectivity index (χ2n) is 6.36. The van der Waals surface area contributed by atoms with Gasteiger partial charge in [-0.3, -0.25) is 9.59 Å². The number of amides is 2. The van der Waals surface area contributed by atoms with Gasteiger partial charge in [0.15, 0.2) is 0 Å². The molecule has 0 radical (unpaired) electrons. The highest BCUT2D eigenvalue weighted by Crippen LogP contribution is 2.28. The first kappa shape index (κ1) is 17.2. The normalized spacial score (nSPS) is 16.0. The molecule has 1 heterocycles. The molecular weight excluding hydrogens is 292 g/mol. The molecule has 23 heavy (non-hydrogen) atoms. The summed E-state index contributed by atoms with van der Waals surface area (Å²) in [7, 11) is 3.87. The van der Waals surface area contributed by atoms with Crippen LogP contribution in [0, 0.1) is 5.92 Å². The van der Waals surface area contributed by atoms with Gasteiger partial charge < -0.3 is 15.5 Å². The van der Waals surface area contributed by atoms with Gasteiger partial charge in [0.1, 0.15) is 11.9 Å². The number of nitrogens with one attached hydrogen (secondary N) is 2. The molecule has 1 aliphatic rings. The van der Waals surface area contributed by atoms with Crippen molar-refractivity contribution in [2.45, 2.75) is 45.2 Å². The van der Waals surface area contributed by atoms with E-state index in [4.69, 9.17) is 0 Å². The van der Waals surface area contributed by atoms with E-state index in [1.165, 1.54) is 6.92 Å². The Morgan fingerprint density at radius 2 is 2.00 bits per heavy atom. The third-order valence-corrected chi connectivity index (χ3v) is 4.25. The largest absolute Gasteiger partial charge is 0.363 e. The lowest BCUT2D eigenvalue weighted by Crippen LogP contribution is -2.49. The smallest absolute Gasteiger partial charge is 0.243 e. The number of carbonyl (C=O) groups is 2. The molecule has 1 atom stereocenters. The summed E-state index contributed by atoms with van der Waals surface area (Å²) in [5.41, 5.74) is 0.942. The van der Waals surface area contributed by atoms with E-state index in [0.717, 1.165) is 37.1 Å². The number of anilines is 1. The maximum absolute atomic E-state index is 12.5.